The number of amides is 4. The maximum absolute atomic E-state index is 13.3. The largest absolute Gasteiger partial charge is 0.507 e. The molecule has 0 radical (unpaired) electrons. The normalized spacial score (nSPS) is 14.1. The lowest BCUT2D eigenvalue weighted by molar-refractivity contribution is 0.0592. The summed E-state index contributed by atoms with van der Waals surface area (Å²) >= 11 is 0. The fourth-order valence-corrected chi connectivity index (χ4v) is 17.7. The van der Waals surface area contributed by atoms with Gasteiger partial charge in [-0.2, -0.15) is 0 Å². The van der Waals surface area contributed by atoms with Crippen molar-refractivity contribution >= 4 is 82.7 Å². The first kappa shape index (κ1) is 107. The molecule has 16 rings (SSSR count). The first-order valence-electron chi connectivity index (χ1n) is 48.5. The predicted molar refractivity (Wildman–Crippen MR) is 563 cm³/mol. The van der Waals surface area contributed by atoms with Gasteiger partial charge in [-0.25, -0.2) is 19.2 Å². The molecule has 0 unspecified atom stereocenters. The van der Waals surface area contributed by atoms with Crippen LogP contribution >= 0.6 is 12.4 Å². The third-order valence-corrected chi connectivity index (χ3v) is 26.4. The number of hydrogen-bond donors (Lipinski definition) is 8. The van der Waals surface area contributed by atoms with Gasteiger partial charge < -0.3 is 89.8 Å². The summed E-state index contributed by atoms with van der Waals surface area (Å²) in [7, 11) is 10.4. The van der Waals surface area contributed by atoms with Gasteiger partial charge in [0.15, 0.2) is 0 Å². The van der Waals surface area contributed by atoms with Crippen molar-refractivity contribution in [2.24, 2.45) is 23.7 Å². The second-order valence-corrected chi connectivity index (χ2v) is 36.4. The molecule has 27 heteroatoms. The molecule has 4 aliphatic heterocycles. The molecular formula is C116H129ClN8O18. The maximum Gasteiger partial charge on any atom is 0.339 e. The standard InChI is InChI=1S/C30H34N2O4.C29H32N2O5.C29H32N2O4.C28H30N2O5.ClH/c1-21-9-11-25(36-18-15-22-13-16-32(2)17-14-22)20-27(21)29(33)31-28-19-24(23-7-5-4-6-8-23)10-12-26(28)30(34)35-3;1-31-15-12-20(13-16-31)14-17-36-23-9-11-27(32)25(19-23)28(33)30-26-18-22(21-6-4-3-5-7-21)8-10-24(26)29(34)35-2;1-20-8-10-24(35-17-14-21-12-15-30-16-13-21)19-26(20)28(32)31-27-18-23(22-6-4-3-5-7-22)9-11-25(27)29(33)34-2;1-30-14-11-19(12-15-30)13-16-35-22-8-10-26(31)24(18-22)27(32)29-25-17-21(7-9-23(25)28(33)34)20-5-3-2-4-6-20;/h4-12,19-20,22H,13-18H2,1-3H3,(H,31,33);3-11,18-20,32H,12-17H2,1-2H3,(H,30,33);3-11,18-19,21,30H,12-17H2,1-2H3,(H,31,32);2-10,17-19,31H,11-16H2,1H3,(H,29,32)(H,33,34);1H. The van der Waals surface area contributed by atoms with Crippen molar-refractivity contribution in [3.63, 3.8) is 0 Å². The van der Waals surface area contributed by atoms with Gasteiger partial charge in [-0.3, -0.25) is 19.2 Å². The topological polar surface area (TPSA) is 332 Å². The molecule has 0 aromatic heterocycles. The number of anilines is 4. The SMILES string of the molecule is CN1CCC(CCOc2ccc(O)c(C(=O)Nc3cc(-c4ccccc4)ccc3C(=O)O)c2)CC1.COC(=O)c1ccc(-c2ccccc2)cc1NC(=O)c1cc(OCCC2CCN(C)CC2)ccc1C.COC(=O)c1ccc(-c2ccccc2)cc1NC(=O)c1cc(OCCC2CCN(C)CC2)ccc1O.COC(=O)c1ccc(-c2ccccc2)cc1NC(=O)c1cc(OCCC2CCNCC2)ccc1C.Cl. The quantitative estimate of drug-likeness (QED) is 0.0143. The van der Waals surface area contributed by atoms with Crippen LogP contribution in [-0.2, 0) is 14.2 Å². The molecule has 12 aromatic rings. The number of carboxylic acid groups (broad SMARTS) is 1. The second kappa shape index (κ2) is 53.8. The average molecular weight is 1960 g/mol. The summed E-state index contributed by atoms with van der Waals surface area (Å²) in [6.45, 7) is 14.9. The smallest absolute Gasteiger partial charge is 0.339 e. The van der Waals surface area contributed by atoms with Crippen LogP contribution < -0.4 is 45.5 Å². The fraction of sp³-hybridized carbons (Fsp3) is 0.310. The van der Waals surface area contributed by atoms with Crippen LogP contribution in [0.4, 0.5) is 22.7 Å². The van der Waals surface area contributed by atoms with Crippen molar-refractivity contribution in [1.82, 2.24) is 20.0 Å². The Hall–Kier alpha value is -14.7. The van der Waals surface area contributed by atoms with E-state index in [0.717, 1.165) is 159 Å². The molecule has 8 N–H and O–H groups in total. The highest BCUT2D eigenvalue weighted by Gasteiger charge is 2.28. The summed E-state index contributed by atoms with van der Waals surface area (Å²) < 4.78 is 38.6. The number of phenols is 2. The second-order valence-electron chi connectivity index (χ2n) is 36.4. The Morgan fingerprint density at radius 2 is 0.545 bits per heavy atom. The first-order chi connectivity index (χ1) is 68.8. The number of carboxylic acids is 1. The molecule has 0 spiro atoms. The number of nitrogens with zero attached hydrogens (tertiary/aromatic N) is 3. The predicted octanol–water partition coefficient (Wildman–Crippen LogP) is 22.0. The highest BCUT2D eigenvalue weighted by molar-refractivity contribution is 6.13. The zero-order valence-corrected chi connectivity index (χ0v) is 83.2. The summed E-state index contributed by atoms with van der Waals surface area (Å²) in [4.78, 5) is 109. The molecule has 0 atom stereocenters. The number of carbonyl (C=O) groups is 8. The van der Waals surface area contributed by atoms with Gasteiger partial charge in [0.05, 0.1) is 104 Å². The van der Waals surface area contributed by atoms with Crippen molar-refractivity contribution in [3.05, 3.63) is 323 Å². The maximum atomic E-state index is 13.3. The van der Waals surface area contributed by atoms with Gasteiger partial charge in [0, 0.05) is 11.1 Å². The van der Waals surface area contributed by atoms with Gasteiger partial charge in [0.1, 0.15) is 34.5 Å². The van der Waals surface area contributed by atoms with E-state index in [0.29, 0.717) is 112 Å². The Balaban J connectivity index is 0.000000170. The van der Waals surface area contributed by atoms with E-state index in [9.17, 15) is 53.7 Å². The van der Waals surface area contributed by atoms with Crippen molar-refractivity contribution in [2.45, 2.75) is 90.9 Å². The Kier molecular flexibility index (Phi) is 40.3. The van der Waals surface area contributed by atoms with Crippen molar-refractivity contribution in [2.75, 3.05) is 143 Å². The van der Waals surface area contributed by atoms with Crippen LogP contribution in [0.2, 0.25) is 0 Å². The van der Waals surface area contributed by atoms with Crippen LogP contribution in [0, 0.1) is 37.5 Å². The number of aromatic carboxylic acids is 1. The van der Waals surface area contributed by atoms with Gasteiger partial charge in [0.25, 0.3) is 23.6 Å². The number of piperidine rings is 4. The van der Waals surface area contributed by atoms with Crippen molar-refractivity contribution < 1.29 is 86.8 Å². The van der Waals surface area contributed by atoms with Gasteiger partial charge in [-0.1, -0.05) is 158 Å². The third-order valence-electron chi connectivity index (χ3n) is 26.4. The van der Waals surface area contributed by atoms with Gasteiger partial charge >= 0.3 is 23.9 Å². The number of halogens is 1. The summed E-state index contributed by atoms with van der Waals surface area (Å²) in [5.74, 6) is 0.0586. The molecule has 4 heterocycles. The molecule has 0 bridgehead atoms. The highest BCUT2D eigenvalue weighted by atomic mass is 35.5. The van der Waals surface area contributed by atoms with Gasteiger partial charge in [-0.15, -0.1) is 12.4 Å². The van der Waals surface area contributed by atoms with Crippen LogP contribution in [0.1, 0.15) is 171 Å². The number of ether oxygens (including phenoxy) is 7. The number of likely N-dealkylation sites (tertiary alicyclic amines) is 3. The number of nitrogens with one attached hydrogen (secondary N) is 5. The Labute approximate surface area is 843 Å². The number of methoxy groups -OCH3 is 3. The Morgan fingerprint density at radius 1 is 0.301 bits per heavy atom. The van der Waals surface area contributed by atoms with Crippen LogP contribution in [0.5, 0.6) is 34.5 Å². The number of esters is 3. The van der Waals surface area contributed by atoms with Crippen molar-refractivity contribution in [1.29, 1.82) is 0 Å². The number of phenolic OH excluding ortho intramolecular Hbond substituents is 2. The minimum atomic E-state index is -1.16. The summed E-state index contributed by atoms with van der Waals surface area (Å²) in [5, 5.41) is 45.0. The molecule has 4 fully saturated rings. The first-order valence-corrected chi connectivity index (χ1v) is 48.5. The monoisotopic (exact) mass is 1960 g/mol. The number of rotatable bonds is 32. The van der Waals surface area contributed by atoms with E-state index < -0.39 is 35.7 Å². The minimum absolute atomic E-state index is 0. The Morgan fingerprint density at radius 3 is 0.818 bits per heavy atom. The van der Waals surface area contributed by atoms with E-state index in [4.69, 9.17) is 33.2 Å². The Bertz CT molecular complexity index is 6090. The van der Waals surface area contributed by atoms with E-state index in [1.54, 1.807) is 78.9 Å². The molecular weight excluding hydrogens is 1830 g/mol. The number of carbonyl (C=O) groups excluding carboxylic acids is 7. The molecule has 4 saturated heterocycles. The minimum Gasteiger partial charge on any atom is -0.507 e. The summed E-state index contributed by atoms with van der Waals surface area (Å²) in [5.41, 5.74) is 11.9. The zero-order chi connectivity index (χ0) is 100. The van der Waals surface area contributed by atoms with Crippen molar-refractivity contribution in [3.8, 4) is 79.0 Å². The third kappa shape index (κ3) is 31.2. The number of aryl methyl sites for hydroxylation is 2. The molecule has 4 amide bonds. The van der Waals surface area contributed by atoms with E-state index in [2.05, 4.69) is 62.4 Å². The van der Waals surface area contributed by atoms with E-state index in [1.807, 2.05) is 172 Å². The van der Waals surface area contributed by atoms with Crippen LogP contribution in [0.25, 0.3) is 44.5 Å². The molecule has 4 aliphatic rings. The molecule has 143 heavy (non-hydrogen) atoms. The molecule has 26 nitrogen and oxygen atoms in total. The van der Waals surface area contributed by atoms with E-state index >= 15 is 0 Å². The lowest BCUT2D eigenvalue weighted by atomic mass is 9.94. The van der Waals surface area contributed by atoms with Crippen LogP contribution in [0.3, 0.4) is 0 Å². The molecule has 748 valence electrons. The van der Waals surface area contributed by atoms with E-state index in [-0.39, 0.29) is 63.7 Å². The highest BCUT2D eigenvalue weighted by Crippen LogP contribution is 2.37. The number of benzene rings is 12. The lowest BCUT2D eigenvalue weighted by Gasteiger charge is -2.28. The number of aromatic hydroxyl groups is 2. The molecule has 12 aromatic carbocycles. The zero-order valence-electron chi connectivity index (χ0n) is 82.4. The fourth-order valence-electron chi connectivity index (χ4n) is 17.7. The summed E-state index contributed by atoms with van der Waals surface area (Å²) in [6, 6.07) is 79.5. The number of hydrogen-bond acceptors (Lipinski definition) is 21. The molecule has 0 aliphatic carbocycles. The summed E-state index contributed by atoms with van der Waals surface area (Å²) in [6.07, 6.45) is 13.3. The van der Waals surface area contributed by atoms with Crippen LogP contribution in [-0.4, -0.2) is 199 Å². The molecule has 0 saturated carbocycles. The van der Waals surface area contributed by atoms with Crippen LogP contribution in [0.15, 0.2) is 267 Å². The van der Waals surface area contributed by atoms with E-state index in [1.165, 1.54) is 77.3 Å². The average Bonchev–Trinajstić information content (AvgIpc) is 0.814. The van der Waals surface area contributed by atoms with Gasteiger partial charge in [-0.05, 0) is 353 Å². The lowest BCUT2D eigenvalue weighted by Crippen LogP contribution is -2.30. The van der Waals surface area contributed by atoms with Gasteiger partial charge in [0.2, 0.25) is 0 Å².